The van der Waals surface area contributed by atoms with Crippen LogP contribution in [-0.2, 0) is 0 Å². The minimum absolute atomic E-state index is 0.0473. The molecule has 4 heteroatoms. The molecule has 0 aromatic carbocycles. The predicted molar refractivity (Wildman–Crippen MR) is 72.8 cm³/mol. The van der Waals surface area contributed by atoms with Crippen LogP contribution in [0.2, 0.25) is 0 Å². The quantitative estimate of drug-likeness (QED) is 0.907. The summed E-state index contributed by atoms with van der Waals surface area (Å²) in [5, 5.41) is 4.59. The topological polar surface area (TPSA) is 42.0 Å². The first-order valence-corrected chi connectivity index (χ1v) is 7.63. The van der Waals surface area contributed by atoms with Crippen LogP contribution >= 0.6 is 11.8 Å². The minimum Gasteiger partial charge on any atom is -0.349 e. The van der Waals surface area contributed by atoms with Crippen molar-refractivity contribution in [3.8, 4) is 0 Å². The number of pyridine rings is 1. The van der Waals surface area contributed by atoms with E-state index in [4.69, 9.17) is 0 Å². The van der Waals surface area contributed by atoms with E-state index in [2.05, 4.69) is 10.3 Å². The molecule has 18 heavy (non-hydrogen) atoms. The Labute approximate surface area is 112 Å². The molecule has 1 aromatic rings. The lowest BCUT2D eigenvalue weighted by Gasteiger charge is -2.11. The summed E-state index contributed by atoms with van der Waals surface area (Å²) < 4.78 is 0. The van der Waals surface area contributed by atoms with Crippen molar-refractivity contribution in [3.63, 3.8) is 0 Å². The van der Waals surface area contributed by atoms with Gasteiger partial charge in [-0.15, -0.1) is 11.8 Å². The highest BCUT2D eigenvalue weighted by Gasteiger charge is 2.26. The molecule has 3 nitrogen and oxygen atoms in total. The van der Waals surface area contributed by atoms with Crippen LogP contribution in [-0.4, -0.2) is 22.2 Å². The number of thioether (sulfide) groups is 1. The normalized spacial score (nSPS) is 20.0. The molecule has 1 N–H and O–H groups in total. The number of nitrogens with one attached hydrogen (secondary N) is 1. The van der Waals surface area contributed by atoms with E-state index in [1.165, 1.54) is 25.7 Å². The highest BCUT2D eigenvalue weighted by Crippen LogP contribution is 2.35. The number of amides is 1. The maximum absolute atomic E-state index is 12.1. The smallest absolute Gasteiger partial charge is 0.254 e. The Morgan fingerprint density at radius 3 is 2.78 bits per heavy atom. The van der Waals surface area contributed by atoms with E-state index in [0.717, 1.165) is 23.4 Å². The molecule has 1 aromatic heterocycles. The summed E-state index contributed by atoms with van der Waals surface area (Å²) in [4.78, 5) is 16.5. The van der Waals surface area contributed by atoms with Crippen LogP contribution in [0, 0.1) is 0 Å². The summed E-state index contributed by atoms with van der Waals surface area (Å²) >= 11 is 1.78. The zero-order valence-electron chi connectivity index (χ0n) is 10.4. The van der Waals surface area contributed by atoms with E-state index in [1.54, 1.807) is 18.0 Å². The molecule has 2 saturated carbocycles. The van der Waals surface area contributed by atoms with Crippen molar-refractivity contribution in [1.82, 2.24) is 10.3 Å². The third-order valence-electron chi connectivity index (χ3n) is 3.51. The summed E-state index contributed by atoms with van der Waals surface area (Å²) in [6.45, 7) is 0. The van der Waals surface area contributed by atoms with Crippen molar-refractivity contribution < 1.29 is 4.79 Å². The second-order valence-electron chi connectivity index (χ2n) is 5.13. The van der Waals surface area contributed by atoms with Gasteiger partial charge in [0.1, 0.15) is 5.03 Å². The van der Waals surface area contributed by atoms with E-state index in [-0.39, 0.29) is 5.91 Å². The molecule has 3 rings (SSSR count). The largest absolute Gasteiger partial charge is 0.349 e. The molecule has 0 atom stereocenters. The van der Waals surface area contributed by atoms with Crippen LogP contribution in [0.25, 0.3) is 0 Å². The Balaban J connectivity index is 1.73. The fourth-order valence-corrected chi connectivity index (χ4v) is 3.61. The van der Waals surface area contributed by atoms with Crippen molar-refractivity contribution in [2.45, 2.75) is 54.8 Å². The van der Waals surface area contributed by atoms with Crippen molar-refractivity contribution in [1.29, 1.82) is 0 Å². The average molecular weight is 262 g/mol. The summed E-state index contributed by atoms with van der Waals surface area (Å²) in [5.41, 5.74) is 0.751. The van der Waals surface area contributed by atoms with Gasteiger partial charge in [-0.05, 0) is 37.8 Å². The number of carbonyl (C=O) groups is 1. The van der Waals surface area contributed by atoms with Crippen LogP contribution in [0.5, 0.6) is 0 Å². The Kier molecular flexibility index (Phi) is 3.55. The molecular formula is C14H18N2OS. The third-order valence-corrected chi connectivity index (χ3v) is 4.86. The number of aromatic nitrogens is 1. The van der Waals surface area contributed by atoms with E-state index < -0.39 is 0 Å². The van der Waals surface area contributed by atoms with Crippen molar-refractivity contribution in [2.24, 2.45) is 0 Å². The lowest BCUT2D eigenvalue weighted by Crippen LogP contribution is -2.26. The number of rotatable bonds is 4. The SMILES string of the molecule is O=C(NC1CC1)c1cccnc1SC1CCCC1. The standard InChI is InChI=1S/C14H18N2OS/c17-13(16-10-7-8-10)12-6-3-9-15-14(12)18-11-4-1-2-5-11/h3,6,9-11H,1-2,4-5,7-8H2,(H,16,17). The maximum atomic E-state index is 12.1. The van der Waals surface area contributed by atoms with Crippen LogP contribution in [0.1, 0.15) is 48.9 Å². The second-order valence-corrected chi connectivity index (χ2v) is 6.42. The summed E-state index contributed by atoms with van der Waals surface area (Å²) in [6.07, 6.45) is 9.16. The highest BCUT2D eigenvalue weighted by molar-refractivity contribution is 7.99. The van der Waals surface area contributed by atoms with Crippen LogP contribution in [0.4, 0.5) is 0 Å². The Morgan fingerprint density at radius 1 is 1.28 bits per heavy atom. The molecule has 96 valence electrons. The molecule has 1 heterocycles. The van der Waals surface area contributed by atoms with Crippen LogP contribution in [0.15, 0.2) is 23.4 Å². The second kappa shape index (κ2) is 5.31. The molecule has 0 spiro atoms. The van der Waals surface area contributed by atoms with E-state index in [1.807, 2.05) is 12.1 Å². The Hall–Kier alpha value is -1.03. The summed E-state index contributed by atoms with van der Waals surface area (Å²) in [6, 6.07) is 4.14. The van der Waals surface area contributed by atoms with Gasteiger partial charge in [-0.3, -0.25) is 4.79 Å². The van der Waals surface area contributed by atoms with Gasteiger partial charge in [0.25, 0.3) is 5.91 Å². The van der Waals surface area contributed by atoms with Gasteiger partial charge in [0, 0.05) is 17.5 Å². The van der Waals surface area contributed by atoms with Gasteiger partial charge in [-0.2, -0.15) is 0 Å². The molecule has 0 radical (unpaired) electrons. The monoisotopic (exact) mass is 262 g/mol. The maximum Gasteiger partial charge on any atom is 0.254 e. The van der Waals surface area contributed by atoms with Gasteiger partial charge >= 0.3 is 0 Å². The fourth-order valence-electron chi connectivity index (χ4n) is 2.31. The van der Waals surface area contributed by atoms with Crippen molar-refractivity contribution >= 4 is 17.7 Å². The molecule has 0 bridgehead atoms. The molecular weight excluding hydrogens is 244 g/mol. The molecule has 1 amide bonds. The molecule has 2 aliphatic rings. The average Bonchev–Trinajstić information content (AvgIpc) is 3.04. The van der Waals surface area contributed by atoms with E-state index in [0.29, 0.717) is 11.3 Å². The van der Waals surface area contributed by atoms with Gasteiger partial charge in [0.15, 0.2) is 0 Å². The van der Waals surface area contributed by atoms with E-state index >= 15 is 0 Å². The fraction of sp³-hybridized carbons (Fsp3) is 0.571. The van der Waals surface area contributed by atoms with Gasteiger partial charge in [-0.25, -0.2) is 4.98 Å². The first-order valence-electron chi connectivity index (χ1n) is 6.75. The van der Waals surface area contributed by atoms with Crippen molar-refractivity contribution in [2.75, 3.05) is 0 Å². The first kappa shape index (κ1) is 12.0. The zero-order chi connectivity index (χ0) is 12.4. The van der Waals surface area contributed by atoms with Gasteiger partial charge < -0.3 is 5.32 Å². The van der Waals surface area contributed by atoms with Crippen molar-refractivity contribution in [3.05, 3.63) is 23.9 Å². The first-order chi connectivity index (χ1) is 8.83. The molecule has 2 aliphatic carbocycles. The lowest BCUT2D eigenvalue weighted by molar-refractivity contribution is 0.0947. The van der Waals surface area contributed by atoms with Gasteiger partial charge in [0.2, 0.25) is 0 Å². The number of hydrogen-bond acceptors (Lipinski definition) is 3. The van der Waals surface area contributed by atoms with Gasteiger partial charge in [-0.1, -0.05) is 12.8 Å². The Morgan fingerprint density at radius 2 is 2.06 bits per heavy atom. The predicted octanol–water partition coefficient (Wildman–Crippen LogP) is 3.01. The Bertz CT molecular complexity index is 439. The minimum atomic E-state index is 0.0473. The molecule has 2 fully saturated rings. The van der Waals surface area contributed by atoms with Gasteiger partial charge in [0.05, 0.1) is 5.56 Å². The van der Waals surface area contributed by atoms with Crippen LogP contribution in [0.3, 0.4) is 0 Å². The number of nitrogens with zero attached hydrogens (tertiary/aromatic N) is 1. The van der Waals surface area contributed by atoms with E-state index in [9.17, 15) is 4.79 Å². The number of hydrogen-bond donors (Lipinski definition) is 1. The zero-order valence-corrected chi connectivity index (χ0v) is 11.2. The summed E-state index contributed by atoms with van der Waals surface area (Å²) in [7, 11) is 0. The van der Waals surface area contributed by atoms with Crippen LogP contribution < -0.4 is 5.32 Å². The summed E-state index contributed by atoms with van der Waals surface area (Å²) in [5.74, 6) is 0.0473. The molecule has 0 saturated heterocycles. The third kappa shape index (κ3) is 2.86. The lowest BCUT2D eigenvalue weighted by atomic mass is 10.2. The highest BCUT2D eigenvalue weighted by atomic mass is 32.2. The molecule has 0 unspecified atom stereocenters. The number of carbonyl (C=O) groups excluding carboxylic acids is 1. The molecule has 0 aliphatic heterocycles.